The minimum Gasteiger partial charge on any atom is -0.345 e. The minimum atomic E-state index is -0.362. The first-order valence-electron chi connectivity index (χ1n) is 8.91. The molecular weight excluding hydrogens is 363 g/mol. The summed E-state index contributed by atoms with van der Waals surface area (Å²) in [4.78, 5) is 16.1. The summed E-state index contributed by atoms with van der Waals surface area (Å²) in [5, 5.41) is 1.36. The standard InChI is InChI=1S/C21H16ClFN4/c22-14-8-16-17(10-25-20(16)24-9-14)21-26-11-18(23)19(27-21)7-13-6-5-12-3-1-2-4-15(12)13/h1-4,8-11,13H,5-7H2,(H,24,25)/t13-/m1/s1. The van der Waals surface area contributed by atoms with E-state index < -0.39 is 0 Å². The molecule has 3 heterocycles. The Bertz CT molecular complexity index is 1150. The zero-order chi connectivity index (χ0) is 18.4. The van der Waals surface area contributed by atoms with Gasteiger partial charge in [0.05, 0.1) is 16.9 Å². The van der Waals surface area contributed by atoms with Crippen molar-refractivity contribution in [2.45, 2.75) is 25.2 Å². The van der Waals surface area contributed by atoms with Gasteiger partial charge in [-0.3, -0.25) is 0 Å². The molecule has 0 radical (unpaired) electrons. The van der Waals surface area contributed by atoms with E-state index in [2.05, 4.69) is 38.1 Å². The van der Waals surface area contributed by atoms with E-state index in [9.17, 15) is 4.39 Å². The number of halogens is 2. The van der Waals surface area contributed by atoms with Gasteiger partial charge in [0.1, 0.15) is 5.65 Å². The molecule has 0 saturated heterocycles. The van der Waals surface area contributed by atoms with Gasteiger partial charge < -0.3 is 4.98 Å². The van der Waals surface area contributed by atoms with Gasteiger partial charge >= 0.3 is 0 Å². The maximum absolute atomic E-state index is 14.5. The highest BCUT2D eigenvalue weighted by atomic mass is 35.5. The Morgan fingerprint density at radius 1 is 1.19 bits per heavy atom. The number of pyridine rings is 1. The monoisotopic (exact) mass is 378 g/mol. The molecule has 4 nitrogen and oxygen atoms in total. The number of hydrogen-bond donors (Lipinski definition) is 1. The van der Waals surface area contributed by atoms with E-state index in [1.807, 2.05) is 12.1 Å². The molecule has 1 aliphatic rings. The first-order chi connectivity index (χ1) is 13.2. The van der Waals surface area contributed by atoms with E-state index in [1.54, 1.807) is 12.4 Å². The van der Waals surface area contributed by atoms with E-state index >= 15 is 0 Å². The van der Waals surface area contributed by atoms with Crippen LogP contribution in [0.4, 0.5) is 4.39 Å². The van der Waals surface area contributed by atoms with Gasteiger partial charge in [0.15, 0.2) is 11.6 Å². The fourth-order valence-corrected chi connectivity index (χ4v) is 4.09. The van der Waals surface area contributed by atoms with Crippen molar-refractivity contribution in [1.82, 2.24) is 19.9 Å². The molecule has 0 fully saturated rings. The summed E-state index contributed by atoms with van der Waals surface area (Å²) in [5.74, 6) is 0.407. The highest BCUT2D eigenvalue weighted by molar-refractivity contribution is 6.31. The molecule has 0 amide bonds. The zero-order valence-corrected chi connectivity index (χ0v) is 15.2. The molecule has 1 N–H and O–H groups in total. The molecule has 134 valence electrons. The maximum Gasteiger partial charge on any atom is 0.163 e. The number of H-pyrrole nitrogens is 1. The molecule has 0 aliphatic heterocycles. The molecule has 5 rings (SSSR count). The Hall–Kier alpha value is -2.79. The summed E-state index contributed by atoms with van der Waals surface area (Å²) in [5.41, 5.74) is 4.59. The van der Waals surface area contributed by atoms with Crippen LogP contribution in [0.25, 0.3) is 22.4 Å². The number of nitrogens with zero attached hydrogens (tertiary/aromatic N) is 3. The van der Waals surface area contributed by atoms with Crippen LogP contribution in [-0.4, -0.2) is 19.9 Å². The van der Waals surface area contributed by atoms with Crippen LogP contribution in [0.5, 0.6) is 0 Å². The van der Waals surface area contributed by atoms with Gasteiger partial charge in [-0.2, -0.15) is 0 Å². The van der Waals surface area contributed by atoms with Crippen LogP contribution in [-0.2, 0) is 12.8 Å². The third kappa shape index (κ3) is 2.88. The second-order valence-electron chi connectivity index (χ2n) is 6.88. The molecule has 27 heavy (non-hydrogen) atoms. The molecule has 0 unspecified atom stereocenters. The van der Waals surface area contributed by atoms with E-state index in [0.717, 1.165) is 23.8 Å². The van der Waals surface area contributed by atoms with Crippen molar-refractivity contribution in [1.29, 1.82) is 0 Å². The zero-order valence-electron chi connectivity index (χ0n) is 14.4. The van der Waals surface area contributed by atoms with Crippen LogP contribution >= 0.6 is 11.6 Å². The van der Waals surface area contributed by atoms with E-state index in [4.69, 9.17) is 11.6 Å². The molecule has 1 aliphatic carbocycles. The van der Waals surface area contributed by atoms with Crippen molar-refractivity contribution in [3.05, 3.63) is 76.6 Å². The number of aryl methyl sites for hydroxylation is 1. The van der Waals surface area contributed by atoms with Crippen LogP contribution in [0.3, 0.4) is 0 Å². The Labute approximate surface area is 160 Å². The summed E-state index contributed by atoms with van der Waals surface area (Å²) >= 11 is 6.08. The maximum atomic E-state index is 14.5. The topological polar surface area (TPSA) is 54.5 Å². The Balaban J connectivity index is 1.53. The van der Waals surface area contributed by atoms with Crippen LogP contribution < -0.4 is 0 Å². The van der Waals surface area contributed by atoms with Crippen molar-refractivity contribution in [2.75, 3.05) is 0 Å². The minimum absolute atomic E-state index is 0.289. The summed E-state index contributed by atoms with van der Waals surface area (Å²) in [6.07, 6.45) is 7.25. The van der Waals surface area contributed by atoms with Crippen molar-refractivity contribution in [3.63, 3.8) is 0 Å². The van der Waals surface area contributed by atoms with Crippen LogP contribution in [0.1, 0.15) is 29.2 Å². The Kier molecular flexibility index (Phi) is 3.90. The van der Waals surface area contributed by atoms with Gasteiger partial charge in [-0.05, 0) is 42.4 Å². The van der Waals surface area contributed by atoms with Crippen molar-refractivity contribution in [2.24, 2.45) is 0 Å². The number of aromatic amines is 1. The summed E-state index contributed by atoms with van der Waals surface area (Å²) in [6.45, 7) is 0. The molecular formula is C21H16ClFN4. The molecule has 0 saturated carbocycles. The lowest BCUT2D eigenvalue weighted by Gasteiger charge is -2.12. The number of nitrogens with one attached hydrogen (secondary N) is 1. The third-order valence-corrected chi connectivity index (χ3v) is 5.46. The van der Waals surface area contributed by atoms with E-state index in [0.29, 0.717) is 28.6 Å². The summed E-state index contributed by atoms with van der Waals surface area (Å²) in [6, 6.07) is 10.2. The lowest BCUT2D eigenvalue weighted by atomic mass is 9.96. The smallest absolute Gasteiger partial charge is 0.163 e. The quantitative estimate of drug-likeness (QED) is 0.540. The van der Waals surface area contributed by atoms with E-state index in [1.165, 1.54) is 17.3 Å². The molecule has 0 bridgehead atoms. The average molecular weight is 379 g/mol. The lowest BCUT2D eigenvalue weighted by Crippen LogP contribution is -2.05. The average Bonchev–Trinajstić information content (AvgIpc) is 3.28. The van der Waals surface area contributed by atoms with Gasteiger partial charge in [0.25, 0.3) is 0 Å². The van der Waals surface area contributed by atoms with Gasteiger partial charge in [0.2, 0.25) is 0 Å². The fraction of sp³-hybridized carbons (Fsp3) is 0.190. The normalized spacial score (nSPS) is 16.0. The molecule has 6 heteroatoms. The first-order valence-corrected chi connectivity index (χ1v) is 9.29. The van der Waals surface area contributed by atoms with E-state index in [-0.39, 0.29) is 11.7 Å². The largest absolute Gasteiger partial charge is 0.345 e. The Morgan fingerprint density at radius 2 is 2.07 bits per heavy atom. The highest BCUT2D eigenvalue weighted by Crippen LogP contribution is 2.36. The number of rotatable bonds is 3. The predicted molar refractivity (Wildman–Crippen MR) is 103 cm³/mol. The molecule has 0 spiro atoms. The van der Waals surface area contributed by atoms with Crippen molar-refractivity contribution in [3.8, 4) is 11.4 Å². The Morgan fingerprint density at radius 3 is 3.00 bits per heavy atom. The lowest BCUT2D eigenvalue weighted by molar-refractivity contribution is 0.567. The third-order valence-electron chi connectivity index (χ3n) is 5.25. The van der Waals surface area contributed by atoms with Crippen LogP contribution in [0.2, 0.25) is 5.02 Å². The molecule has 1 aromatic carbocycles. The number of aromatic nitrogens is 4. The van der Waals surface area contributed by atoms with Gasteiger partial charge in [0, 0.05) is 23.3 Å². The second kappa shape index (κ2) is 6.43. The summed E-state index contributed by atoms with van der Waals surface area (Å²) in [7, 11) is 0. The highest BCUT2D eigenvalue weighted by Gasteiger charge is 2.24. The van der Waals surface area contributed by atoms with Crippen LogP contribution in [0, 0.1) is 5.82 Å². The summed E-state index contributed by atoms with van der Waals surface area (Å²) < 4.78 is 14.5. The number of benzene rings is 1. The molecule has 1 atom stereocenters. The molecule has 3 aromatic heterocycles. The van der Waals surface area contributed by atoms with Crippen molar-refractivity contribution < 1.29 is 4.39 Å². The predicted octanol–water partition coefficient (Wildman–Crippen LogP) is 5.08. The van der Waals surface area contributed by atoms with Crippen molar-refractivity contribution >= 4 is 22.6 Å². The fourth-order valence-electron chi connectivity index (χ4n) is 3.93. The van der Waals surface area contributed by atoms with Gasteiger partial charge in [-0.1, -0.05) is 35.9 Å². The number of hydrogen-bond acceptors (Lipinski definition) is 3. The van der Waals surface area contributed by atoms with Gasteiger partial charge in [-0.15, -0.1) is 0 Å². The molecule has 4 aromatic rings. The first kappa shape index (κ1) is 16.4. The number of fused-ring (bicyclic) bond motifs is 2. The van der Waals surface area contributed by atoms with Gasteiger partial charge in [-0.25, -0.2) is 19.3 Å². The second-order valence-corrected chi connectivity index (χ2v) is 7.32. The SMILES string of the molecule is Fc1cnc(-c2c[nH]c3ncc(Cl)cc23)nc1C[C@H]1CCc2ccccc21. The van der Waals surface area contributed by atoms with Crippen LogP contribution in [0.15, 0.2) is 48.9 Å².